The van der Waals surface area contributed by atoms with Gasteiger partial charge in [0.15, 0.2) is 5.75 Å². The van der Waals surface area contributed by atoms with Gasteiger partial charge >= 0.3 is 0 Å². The van der Waals surface area contributed by atoms with E-state index in [4.69, 9.17) is 83.8 Å². The van der Waals surface area contributed by atoms with Crippen molar-refractivity contribution in [2.24, 2.45) is 0 Å². The SMILES string of the molecule is CC(CCOc1c(Cl)cc(OCC=C(Cl)Cl)cc1Cl)OCC=C(Cl)Cl. The van der Waals surface area contributed by atoms with Crippen molar-refractivity contribution in [2.75, 3.05) is 19.8 Å². The molecule has 140 valence electrons. The van der Waals surface area contributed by atoms with Gasteiger partial charge in [-0.2, -0.15) is 0 Å². The highest BCUT2D eigenvalue weighted by molar-refractivity contribution is 6.56. The van der Waals surface area contributed by atoms with Gasteiger partial charge in [-0.05, 0) is 19.1 Å². The van der Waals surface area contributed by atoms with E-state index in [9.17, 15) is 0 Å². The Hall–Kier alpha value is -0.000000000000000111. The summed E-state index contributed by atoms with van der Waals surface area (Å²) in [6.45, 7) is 2.82. The molecule has 1 aromatic rings. The highest BCUT2D eigenvalue weighted by atomic mass is 35.5. The molecule has 1 rings (SSSR count). The Bertz CT molecular complexity index is 587. The fourth-order valence-corrected chi connectivity index (χ4v) is 2.47. The van der Waals surface area contributed by atoms with E-state index in [1.165, 1.54) is 6.08 Å². The maximum atomic E-state index is 6.18. The van der Waals surface area contributed by atoms with E-state index in [2.05, 4.69) is 0 Å². The smallest absolute Gasteiger partial charge is 0.156 e. The summed E-state index contributed by atoms with van der Waals surface area (Å²) < 4.78 is 16.9. The van der Waals surface area contributed by atoms with Gasteiger partial charge in [-0.1, -0.05) is 69.6 Å². The molecule has 3 nitrogen and oxygen atoms in total. The molecule has 0 radical (unpaired) electrons. The van der Waals surface area contributed by atoms with Crippen molar-refractivity contribution in [2.45, 2.75) is 19.4 Å². The van der Waals surface area contributed by atoms with Crippen LogP contribution in [0.1, 0.15) is 13.3 Å². The molecule has 0 aliphatic heterocycles. The Morgan fingerprint density at radius 3 is 2.08 bits per heavy atom. The summed E-state index contributed by atoms with van der Waals surface area (Å²) in [5, 5.41) is 0.683. The van der Waals surface area contributed by atoms with Crippen LogP contribution in [-0.4, -0.2) is 25.9 Å². The molecule has 0 saturated heterocycles. The summed E-state index contributed by atoms with van der Waals surface area (Å²) in [4.78, 5) is 0. The molecule has 1 atom stereocenters. The number of hydrogen-bond acceptors (Lipinski definition) is 3. The van der Waals surface area contributed by atoms with Gasteiger partial charge in [-0.25, -0.2) is 0 Å². The lowest BCUT2D eigenvalue weighted by Gasteiger charge is -2.15. The summed E-state index contributed by atoms with van der Waals surface area (Å²) in [6, 6.07) is 3.21. The van der Waals surface area contributed by atoms with Crippen molar-refractivity contribution >= 4 is 69.6 Å². The van der Waals surface area contributed by atoms with Crippen LogP contribution in [0.2, 0.25) is 10.0 Å². The third-order valence-electron chi connectivity index (χ3n) is 2.85. The van der Waals surface area contributed by atoms with E-state index in [1.54, 1.807) is 18.2 Å². The third kappa shape index (κ3) is 10.0. The van der Waals surface area contributed by atoms with E-state index in [-0.39, 0.29) is 21.7 Å². The molecule has 0 fully saturated rings. The lowest BCUT2D eigenvalue weighted by atomic mass is 10.3. The Labute approximate surface area is 177 Å². The molecule has 0 aliphatic carbocycles. The van der Waals surface area contributed by atoms with E-state index in [1.807, 2.05) is 6.92 Å². The Balaban J connectivity index is 2.50. The maximum Gasteiger partial charge on any atom is 0.156 e. The fraction of sp³-hybridized carbons (Fsp3) is 0.375. The molecule has 0 spiro atoms. The highest BCUT2D eigenvalue weighted by Crippen LogP contribution is 2.37. The minimum Gasteiger partial charge on any atom is -0.490 e. The first kappa shape index (κ1) is 23.0. The van der Waals surface area contributed by atoms with Crippen LogP contribution in [0.4, 0.5) is 0 Å². The molecular weight excluding hydrogens is 453 g/mol. The van der Waals surface area contributed by atoms with Gasteiger partial charge in [0, 0.05) is 18.6 Å². The predicted molar refractivity (Wildman–Crippen MR) is 107 cm³/mol. The van der Waals surface area contributed by atoms with Crippen LogP contribution in [-0.2, 0) is 4.74 Å². The topological polar surface area (TPSA) is 27.7 Å². The van der Waals surface area contributed by atoms with Crippen molar-refractivity contribution in [3.05, 3.63) is 43.3 Å². The average Bonchev–Trinajstić information content (AvgIpc) is 2.49. The van der Waals surface area contributed by atoms with Crippen molar-refractivity contribution < 1.29 is 14.2 Å². The molecule has 25 heavy (non-hydrogen) atoms. The van der Waals surface area contributed by atoms with Crippen LogP contribution in [0.15, 0.2) is 33.3 Å². The largest absolute Gasteiger partial charge is 0.490 e. The van der Waals surface area contributed by atoms with Crippen LogP contribution in [0, 0.1) is 0 Å². The van der Waals surface area contributed by atoms with Crippen LogP contribution in [0.25, 0.3) is 0 Å². The first-order chi connectivity index (χ1) is 11.8. The van der Waals surface area contributed by atoms with Gasteiger partial charge < -0.3 is 14.2 Å². The van der Waals surface area contributed by atoms with Gasteiger partial charge in [0.1, 0.15) is 21.3 Å². The maximum absolute atomic E-state index is 6.18. The molecular formula is C16H16Cl6O3. The van der Waals surface area contributed by atoms with Gasteiger partial charge in [-0.3, -0.25) is 0 Å². The van der Waals surface area contributed by atoms with Crippen LogP contribution in [0.3, 0.4) is 0 Å². The second-order valence-corrected chi connectivity index (χ2v) is 7.63. The predicted octanol–water partition coefficient (Wildman–Crippen LogP) is 7.18. The van der Waals surface area contributed by atoms with Gasteiger partial charge in [0.25, 0.3) is 0 Å². The molecule has 9 heteroatoms. The molecule has 1 aromatic carbocycles. The summed E-state index contributed by atoms with van der Waals surface area (Å²) >= 11 is 34.4. The monoisotopic (exact) mass is 466 g/mol. The Morgan fingerprint density at radius 1 is 0.960 bits per heavy atom. The second kappa shape index (κ2) is 12.4. The van der Waals surface area contributed by atoms with E-state index < -0.39 is 0 Å². The lowest BCUT2D eigenvalue weighted by molar-refractivity contribution is 0.0700. The molecule has 0 aliphatic rings. The Morgan fingerprint density at radius 2 is 1.52 bits per heavy atom. The molecule has 0 saturated carbocycles. The third-order valence-corrected chi connectivity index (χ3v) is 4.03. The second-order valence-electron chi connectivity index (χ2n) is 4.80. The zero-order valence-corrected chi connectivity index (χ0v) is 17.7. The fourth-order valence-electron chi connectivity index (χ4n) is 1.64. The summed E-state index contributed by atoms with van der Waals surface area (Å²) in [5.41, 5.74) is 0. The average molecular weight is 469 g/mol. The number of halogens is 6. The lowest BCUT2D eigenvalue weighted by Crippen LogP contribution is -2.13. The van der Waals surface area contributed by atoms with Crippen molar-refractivity contribution in [1.82, 2.24) is 0 Å². The minimum atomic E-state index is -0.0452. The normalized spacial score (nSPS) is 11.6. The standard InChI is InChI=1S/C16H16Cl6O3/c1-10(23-6-3-14(19)20)2-5-25-16-12(17)8-11(9-13(16)18)24-7-4-15(21)22/h3-4,8-10H,2,5-7H2,1H3. The summed E-state index contributed by atoms with van der Waals surface area (Å²) in [6.07, 6.45) is 3.66. The van der Waals surface area contributed by atoms with Crippen molar-refractivity contribution in [3.63, 3.8) is 0 Å². The summed E-state index contributed by atoms with van der Waals surface area (Å²) in [7, 11) is 0. The van der Waals surface area contributed by atoms with Crippen molar-refractivity contribution in [3.8, 4) is 11.5 Å². The number of ether oxygens (including phenoxy) is 3. The van der Waals surface area contributed by atoms with Gasteiger partial charge in [0.2, 0.25) is 0 Å². The zero-order chi connectivity index (χ0) is 18.8. The molecule has 0 bridgehead atoms. The van der Waals surface area contributed by atoms with Crippen LogP contribution < -0.4 is 9.47 Å². The molecule has 0 heterocycles. The summed E-state index contributed by atoms with van der Waals surface area (Å²) in [5.74, 6) is 0.868. The molecule has 0 N–H and O–H groups in total. The van der Waals surface area contributed by atoms with E-state index >= 15 is 0 Å². The molecule has 0 amide bonds. The first-order valence-electron chi connectivity index (χ1n) is 7.18. The van der Waals surface area contributed by atoms with Crippen LogP contribution >= 0.6 is 69.6 Å². The number of rotatable bonds is 10. The Kier molecular flexibility index (Phi) is 11.4. The van der Waals surface area contributed by atoms with E-state index in [0.717, 1.165) is 0 Å². The number of benzene rings is 1. The van der Waals surface area contributed by atoms with Crippen molar-refractivity contribution in [1.29, 1.82) is 0 Å². The van der Waals surface area contributed by atoms with Gasteiger partial charge in [0.05, 0.1) is 29.4 Å². The zero-order valence-electron chi connectivity index (χ0n) is 13.2. The quantitative estimate of drug-likeness (QED) is 0.364. The molecule has 0 aromatic heterocycles. The van der Waals surface area contributed by atoms with Crippen LogP contribution in [0.5, 0.6) is 11.5 Å². The molecule has 1 unspecified atom stereocenters. The highest BCUT2D eigenvalue weighted by Gasteiger charge is 2.11. The van der Waals surface area contributed by atoms with Gasteiger partial charge in [-0.15, -0.1) is 0 Å². The number of hydrogen-bond donors (Lipinski definition) is 0. The first-order valence-corrected chi connectivity index (χ1v) is 9.45. The minimum absolute atomic E-state index is 0.0452. The van der Waals surface area contributed by atoms with E-state index in [0.29, 0.717) is 41.2 Å².